The molecule has 3 N–H and O–H groups in total. The Balaban J connectivity index is 1.36. The van der Waals surface area contributed by atoms with Crippen molar-refractivity contribution in [2.75, 3.05) is 5.75 Å². The molecule has 0 radical (unpaired) electrons. The number of carboxylic acids is 1. The second-order valence-corrected chi connectivity index (χ2v) is 8.06. The van der Waals surface area contributed by atoms with Crippen LogP contribution in [0.2, 0.25) is 5.02 Å². The molecule has 31 heavy (non-hydrogen) atoms. The number of nitrogens with one attached hydrogen (secondary N) is 2. The Morgan fingerprint density at radius 1 is 1.19 bits per heavy atom. The summed E-state index contributed by atoms with van der Waals surface area (Å²) in [4.78, 5) is 27.1. The maximum absolute atomic E-state index is 12.3. The van der Waals surface area contributed by atoms with E-state index in [1.807, 2.05) is 24.3 Å². The van der Waals surface area contributed by atoms with Crippen LogP contribution in [0, 0.1) is 0 Å². The van der Waals surface area contributed by atoms with Gasteiger partial charge in [0.25, 0.3) is 5.22 Å². The number of aliphatic carboxylic acids is 1. The molecule has 0 aliphatic heterocycles. The van der Waals surface area contributed by atoms with E-state index in [2.05, 4.69) is 20.5 Å². The molecule has 1 amide bonds. The van der Waals surface area contributed by atoms with Crippen molar-refractivity contribution >= 4 is 46.1 Å². The lowest BCUT2D eigenvalue weighted by Gasteiger charge is -2.13. The fourth-order valence-corrected chi connectivity index (χ4v) is 3.85. The van der Waals surface area contributed by atoms with Gasteiger partial charge in [0.05, 0.1) is 5.75 Å². The monoisotopic (exact) mass is 456 g/mol. The van der Waals surface area contributed by atoms with E-state index in [4.69, 9.17) is 16.0 Å². The van der Waals surface area contributed by atoms with Crippen molar-refractivity contribution in [3.8, 4) is 11.5 Å². The first-order chi connectivity index (χ1) is 15.0. The molecule has 2 aromatic heterocycles. The summed E-state index contributed by atoms with van der Waals surface area (Å²) in [5, 5.41) is 21.6. The lowest BCUT2D eigenvalue weighted by atomic mass is 10.1. The molecule has 0 aliphatic rings. The molecule has 2 aromatic carbocycles. The highest BCUT2D eigenvalue weighted by atomic mass is 35.5. The van der Waals surface area contributed by atoms with Gasteiger partial charge >= 0.3 is 5.97 Å². The third kappa shape index (κ3) is 5.07. The largest absolute Gasteiger partial charge is 0.480 e. The minimum absolute atomic E-state index is 0.0607. The zero-order chi connectivity index (χ0) is 21.8. The Bertz CT molecular complexity index is 1240. The lowest BCUT2D eigenvalue weighted by molar-refractivity contribution is -0.141. The summed E-state index contributed by atoms with van der Waals surface area (Å²) < 4.78 is 5.54. The smallest absolute Gasteiger partial charge is 0.326 e. The predicted molar refractivity (Wildman–Crippen MR) is 117 cm³/mol. The third-order valence-corrected chi connectivity index (χ3v) is 5.59. The number of thioether (sulfide) groups is 1. The van der Waals surface area contributed by atoms with Crippen LogP contribution in [0.1, 0.15) is 5.56 Å². The molecule has 4 aromatic rings. The Kier molecular flexibility index (Phi) is 6.24. The molecule has 4 rings (SSSR count). The number of benzene rings is 2. The summed E-state index contributed by atoms with van der Waals surface area (Å²) in [6.07, 6.45) is 1.92. The first-order valence-electron chi connectivity index (χ1n) is 9.29. The molecule has 0 fully saturated rings. The molecule has 0 aliphatic carbocycles. The molecule has 2 heterocycles. The summed E-state index contributed by atoms with van der Waals surface area (Å²) >= 11 is 6.99. The van der Waals surface area contributed by atoms with Crippen LogP contribution < -0.4 is 5.32 Å². The summed E-state index contributed by atoms with van der Waals surface area (Å²) in [6, 6.07) is 13.5. The van der Waals surface area contributed by atoms with Gasteiger partial charge in [0.1, 0.15) is 6.04 Å². The number of H-pyrrole nitrogens is 1. The van der Waals surface area contributed by atoms with E-state index in [0.29, 0.717) is 10.6 Å². The van der Waals surface area contributed by atoms with Crippen molar-refractivity contribution in [2.45, 2.75) is 17.7 Å². The zero-order valence-corrected chi connectivity index (χ0v) is 17.6. The molecule has 8 nitrogen and oxygen atoms in total. The van der Waals surface area contributed by atoms with Gasteiger partial charge in [-0.2, -0.15) is 0 Å². The third-order valence-electron chi connectivity index (χ3n) is 4.54. The van der Waals surface area contributed by atoms with E-state index in [-0.39, 0.29) is 23.3 Å². The summed E-state index contributed by atoms with van der Waals surface area (Å²) in [5.74, 6) is -1.33. The Labute approximate surface area is 186 Å². The molecule has 10 heteroatoms. The van der Waals surface area contributed by atoms with Crippen LogP contribution in [0.5, 0.6) is 0 Å². The van der Waals surface area contributed by atoms with E-state index >= 15 is 0 Å². The van der Waals surface area contributed by atoms with Crippen molar-refractivity contribution in [1.29, 1.82) is 0 Å². The number of aromatic nitrogens is 3. The molecule has 0 unspecified atom stereocenters. The highest BCUT2D eigenvalue weighted by Gasteiger charge is 2.22. The average Bonchev–Trinajstić information content (AvgIpc) is 3.39. The molecule has 0 saturated carbocycles. The van der Waals surface area contributed by atoms with Crippen molar-refractivity contribution in [1.82, 2.24) is 20.5 Å². The van der Waals surface area contributed by atoms with Gasteiger partial charge < -0.3 is 19.8 Å². The fraction of sp³-hybridized carbons (Fsp3) is 0.143. The number of hydrogen-bond acceptors (Lipinski definition) is 6. The second-order valence-electron chi connectivity index (χ2n) is 6.69. The molecular formula is C21H17ClN4O4S. The number of fused-ring (bicyclic) bond motifs is 1. The number of amides is 1. The second kappa shape index (κ2) is 9.23. The molecular weight excluding hydrogens is 440 g/mol. The minimum Gasteiger partial charge on any atom is -0.480 e. The standard InChI is InChI=1S/C21H17ClN4O4S/c22-14-5-3-4-12(8-14)19-25-26-21(30-19)31-11-18(27)24-17(20(28)29)9-13-10-23-16-7-2-1-6-15(13)16/h1-8,10,17,23H,9,11H2,(H,24,27)(H,28,29)/t17-/m1/s1. The summed E-state index contributed by atoms with van der Waals surface area (Å²) in [5.41, 5.74) is 2.40. The number of halogens is 1. The lowest BCUT2D eigenvalue weighted by Crippen LogP contribution is -2.43. The zero-order valence-electron chi connectivity index (χ0n) is 16.0. The molecule has 0 bridgehead atoms. The van der Waals surface area contributed by atoms with Crippen molar-refractivity contribution in [2.24, 2.45) is 0 Å². The first-order valence-corrected chi connectivity index (χ1v) is 10.7. The predicted octanol–water partition coefficient (Wildman–Crippen LogP) is 3.78. The molecule has 1 atom stereocenters. The maximum Gasteiger partial charge on any atom is 0.326 e. The van der Waals surface area contributed by atoms with Gasteiger partial charge in [0, 0.05) is 34.1 Å². The van der Waals surface area contributed by atoms with Gasteiger partial charge in [0.15, 0.2) is 0 Å². The SMILES string of the molecule is O=C(CSc1nnc(-c2cccc(Cl)c2)o1)N[C@H](Cc1c[nH]c2ccccc12)C(=O)O. The van der Waals surface area contributed by atoms with Gasteiger partial charge in [0.2, 0.25) is 11.8 Å². The number of carbonyl (C=O) groups excluding carboxylic acids is 1. The van der Waals surface area contributed by atoms with Crippen molar-refractivity contribution in [3.05, 3.63) is 65.3 Å². The van der Waals surface area contributed by atoms with Crippen LogP contribution in [0.15, 0.2) is 64.4 Å². The van der Waals surface area contributed by atoms with E-state index in [1.165, 1.54) is 0 Å². The van der Waals surface area contributed by atoms with Gasteiger partial charge in [-0.15, -0.1) is 10.2 Å². The Morgan fingerprint density at radius 2 is 2.03 bits per heavy atom. The first kappa shape index (κ1) is 21.0. The van der Waals surface area contributed by atoms with Crippen LogP contribution in [0.4, 0.5) is 0 Å². The average molecular weight is 457 g/mol. The highest BCUT2D eigenvalue weighted by Crippen LogP contribution is 2.25. The van der Waals surface area contributed by atoms with E-state index < -0.39 is 17.9 Å². The van der Waals surface area contributed by atoms with Crippen LogP contribution >= 0.6 is 23.4 Å². The van der Waals surface area contributed by atoms with Gasteiger partial charge in [-0.25, -0.2) is 4.79 Å². The van der Waals surface area contributed by atoms with Gasteiger partial charge in [-0.3, -0.25) is 4.79 Å². The van der Waals surface area contributed by atoms with E-state index in [9.17, 15) is 14.7 Å². The number of aromatic amines is 1. The number of hydrogen-bond donors (Lipinski definition) is 3. The Hall–Kier alpha value is -3.30. The van der Waals surface area contributed by atoms with Crippen LogP contribution in [-0.4, -0.2) is 44.0 Å². The fourth-order valence-electron chi connectivity index (χ4n) is 3.09. The van der Waals surface area contributed by atoms with Crippen molar-refractivity contribution < 1.29 is 19.1 Å². The van der Waals surface area contributed by atoms with E-state index in [0.717, 1.165) is 28.2 Å². The molecule has 158 valence electrons. The number of para-hydroxylation sites is 1. The molecule has 0 saturated heterocycles. The quantitative estimate of drug-likeness (QED) is 0.345. The highest BCUT2D eigenvalue weighted by molar-refractivity contribution is 7.99. The normalized spacial score (nSPS) is 12.0. The van der Waals surface area contributed by atoms with Crippen LogP contribution in [0.25, 0.3) is 22.4 Å². The Morgan fingerprint density at radius 3 is 2.84 bits per heavy atom. The van der Waals surface area contributed by atoms with Crippen LogP contribution in [-0.2, 0) is 16.0 Å². The van der Waals surface area contributed by atoms with E-state index in [1.54, 1.807) is 30.5 Å². The summed E-state index contributed by atoms with van der Waals surface area (Å²) in [7, 11) is 0. The number of carbonyl (C=O) groups is 2. The van der Waals surface area contributed by atoms with Gasteiger partial charge in [-0.1, -0.05) is 47.6 Å². The number of carboxylic acid groups (broad SMARTS) is 1. The summed E-state index contributed by atoms with van der Waals surface area (Å²) in [6.45, 7) is 0. The number of rotatable bonds is 8. The molecule has 0 spiro atoms. The topological polar surface area (TPSA) is 121 Å². The van der Waals surface area contributed by atoms with Crippen LogP contribution in [0.3, 0.4) is 0 Å². The maximum atomic E-state index is 12.3. The minimum atomic E-state index is -1.11. The number of nitrogens with zero attached hydrogens (tertiary/aromatic N) is 2. The van der Waals surface area contributed by atoms with Crippen molar-refractivity contribution in [3.63, 3.8) is 0 Å². The van der Waals surface area contributed by atoms with Gasteiger partial charge in [-0.05, 0) is 29.8 Å².